The summed E-state index contributed by atoms with van der Waals surface area (Å²) in [5, 5.41) is 3.19. The molecule has 112 valence electrons. The number of nitrogens with one attached hydrogen (secondary N) is 1. The smallest absolute Gasteiger partial charge is 0.123 e. The van der Waals surface area contributed by atoms with Crippen LogP contribution in [0, 0.1) is 0 Å². The molecule has 0 aliphatic heterocycles. The van der Waals surface area contributed by atoms with Gasteiger partial charge in [-0.05, 0) is 37.4 Å². The van der Waals surface area contributed by atoms with Gasteiger partial charge in [-0.2, -0.15) is 0 Å². The van der Waals surface area contributed by atoms with Crippen LogP contribution in [0.25, 0.3) is 0 Å². The molecule has 0 spiro atoms. The van der Waals surface area contributed by atoms with Crippen LogP contribution in [0.2, 0.25) is 0 Å². The van der Waals surface area contributed by atoms with Gasteiger partial charge < -0.3 is 10.1 Å². The number of hydrogen-bond donors (Lipinski definition) is 1. The highest BCUT2D eigenvalue weighted by molar-refractivity contribution is 5.37. The number of hydrogen-bond acceptors (Lipinski definition) is 3. The Kier molecular flexibility index (Phi) is 5.78. The van der Waals surface area contributed by atoms with Crippen molar-refractivity contribution in [1.82, 2.24) is 10.2 Å². The summed E-state index contributed by atoms with van der Waals surface area (Å²) in [5.41, 5.74) is 3.83. The molecule has 3 heteroatoms. The van der Waals surface area contributed by atoms with E-state index in [1.165, 1.54) is 16.7 Å². The molecule has 0 aliphatic rings. The van der Waals surface area contributed by atoms with Crippen molar-refractivity contribution in [2.75, 3.05) is 21.2 Å². The number of rotatable bonds is 7. The summed E-state index contributed by atoms with van der Waals surface area (Å²) in [7, 11) is 5.83. The first-order valence-corrected chi connectivity index (χ1v) is 7.25. The average molecular weight is 284 g/mol. The minimum atomic E-state index is 0.871. The lowest BCUT2D eigenvalue weighted by Crippen LogP contribution is -2.18. The van der Waals surface area contributed by atoms with Crippen LogP contribution in [0.3, 0.4) is 0 Å². The molecule has 2 aromatic carbocycles. The first-order chi connectivity index (χ1) is 10.2. The van der Waals surface area contributed by atoms with E-state index in [-0.39, 0.29) is 0 Å². The Morgan fingerprint density at radius 3 is 2.43 bits per heavy atom. The van der Waals surface area contributed by atoms with E-state index >= 15 is 0 Å². The van der Waals surface area contributed by atoms with Gasteiger partial charge in [0.15, 0.2) is 0 Å². The van der Waals surface area contributed by atoms with Gasteiger partial charge in [0.25, 0.3) is 0 Å². The SMILES string of the molecule is CNCc1ccc(OC)c(CN(C)Cc2ccccc2)c1. The fourth-order valence-electron chi connectivity index (χ4n) is 2.51. The quantitative estimate of drug-likeness (QED) is 0.846. The lowest BCUT2D eigenvalue weighted by atomic mass is 10.1. The first-order valence-electron chi connectivity index (χ1n) is 7.25. The van der Waals surface area contributed by atoms with E-state index in [0.29, 0.717) is 0 Å². The molecule has 3 nitrogen and oxygen atoms in total. The summed E-state index contributed by atoms with van der Waals surface area (Å²) in [6, 6.07) is 16.9. The third kappa shape index (κ3) is 4.59. The Bertz CT molecular complexity index is 554. The van der Waals surface area contributed by atoms with Crippen molar-refractivity contribution >= 4 is 0 Å². The molecule has 0 aliphatic carbocycles. The Morgan fingerprint density at radius 1 is 1.00 bits per heavy atom. The summed E-state index contributed by atoms with van der Waals surface area (Å²) in [6.07, 6.45) is 0. The van der Waals surface area contributed by atoms with Crippen molar-refractivity contribution in [1.29, 1.82) is 0 Å². The molecular weight excluding hydrogens is 260 g/mol. The molecule has 0 atom stereocenters. The second kappa shape index (κ2) is 7.81. The monoisotopic (exact) mass is 284 g/mol. The number of ether oxygens (including phenoxy) is 1. The minimum absolute atomic E-state index is 0.871. The highest BCUT2D eigenvalue weighted by Gasteiger charge is 2.08. The summed E-state index contributed by atoms with van der Waals surface area (Å²) < 4.78 is 5.48. The van der Waals surface area contributed by atoms with Crippen molar-refractivity contribution in [2.45, 2.75) is 19.6 Å². The zero-order chi connectivity index (χ0) is 15.1. The second-order valence-electron chi connectivity index (χ2n) is 5.33. The summed E-state index contributed by atoms with van der Waals surface area (Å²) in [6.45, 7) is 2.68. The van der Waals surface area contributed by atoms with E-state index in [1.54, 1.807) is 7.11 Å². The molecule has 0 saturated carbocycles. The van der Waals surface area contributed by atoms with E-state index in [1.807, 2.05) is 13.1 Å². The summed E-state index contributed by atoms with van der Waals surface area (Å²) in [5.74, 6) is 0.953. The third-order valence-corrected chi connectivity index (χ3v) is 3.46. The number of methoxy groups -OCH3 is 1. The van der Waals surface area contributed by atoms with Crippen molar-refractivity contribution in [3.8, 4) is 5.75 Å². The highest BCUT2D eigenvalue weighted by Crippen LogP contribution is 2.22. The molecule has 0 fully saturated rings. The van der Waals surface area contributed by atoms with Crippen molar-refractivity contribution in [3.05, 3.63) is 65.2 Å². The van der Waals surface area contributed by atoms with E-state index in [0.717, 1.165) is 25.4 Å². The van der Waals surface area contributed by atoms with Gasteiger partial charge in [-0.3, -0.25) is 4.90 Å². The number of benzene rings is 2. The van der Waals surface area contributed by atoms with Crippen LogP contribution in [-0.4, -0.2) is 26.1 Å². The maximum Gasteiger partial charge on any atom is 0.123 e. The van der Waals surface area contributed by atoms with E-state index in [9.17, 15) is 0 Å². The van der Waals surface area contributed by atoms with Crippen LogP contribution in [0.5, 0.6) is 5.75 Å². The van der Waals surface area contributed by atoms with Gasteiger partial charge in [0.2, 0.25) is 0 Å². The third-order valence-electron chi connectivity index (χ3n) is 3.46. The molecule has 0 saturated heterocycles. The fourth-order valence-corrected chi connectivity index (χ4v) is 2.51. The molecule has 2 aromatic rings. The average Bonchev–Trinajstić information content (AvgIpc) is 2.49. The van der Waals surface area contributed by atoms with Gasteiger partial charge >= 0.3 is 0 Å². The molecule has 0 aromatic heterocycles. The van der Waals surface area contributed by atoms with Crippen LogP contribution >= 0.6 is 0 Å². The van der Waals surface area contributed by atoms with Gasteiger partial charge in [0.05, 0.1) is 7.11 Å². The lowest BCUT2D eigenvalue weighted by molar-refractivity contribution is 0.310. The van der Waals surface area contributed by atoms with Crippen LogP contribution in [0.4, 0.5) is 0 Å². The van der Waals surface area contributed by atoms with E-state index < -0.39 is 0 Å². The molecule has 0 amide bonds. The fraction of sp³-hybridized carbons (Fsp3) is 0.333. The predicted octanol–water partition coefficient (Wildman–Crippen LogP) is 3.05. The van der Waals surface area contributed by atoms with E-state index in [4.69, 9.17) is 4.74 Å². The zero-order valence-corrected chi connectivity index (χ0v) is 13.1. The standard InChI is InChI=1S/C18H24N2O/c1-19-12-16-9-10-18(21-3)17(11-16)14-20(2)13-15-7-5-4-6-8-15/h4-11,19H,12-14H2,1-3H3. The topological polar surface area (TPSA) is 24.5 Å². The Balaban J connectivity index is 2.08. The predicted molar refractivity (Wildman–Crippen MR) is 87.4 cm³/mol. The zero-order valence-electron chi connectivity index (χ0n) is 13.1. The summed E-state index contributed by atoms with van der Waals surface area (Å²) in [4.78, 5) is 2.30. The molecule has 21 heavy (non-hydrogen) atoms. The van der Waals surface area contributed by atoms with Gasteiger partial charge in [0, 0.05) is 25.2 Å². The maximum absolute atomic E-state index is 5.48. The van der Waals surface area contributed by atoms with Crippen LogP contribution < -0.4 is 10.1 Å². The van der Waals surface area contributed by atoms with Crippen molar-refractivity contribution in [2.24, 2.45) is 0 Å². The highest BCUT2D eigenvalue weighted by atomic mass is 16.5. The molecule has 0 unspecified atom stereocenters. The maximum atomic E-state index is 5.48. The Labute approximate surface area is 127 Å². The van der Waals surface area contributed by atoms with Crippen molar-refractivity contribution < 1.29 is 4.74 Å². The molecule has 0 radical (unpaired) electrons. The molecule has 2 rings (SSSR count). The number of nitrogens with zero attached hydrogens (tertiary/aromatic N) is 1. The molecule has 0 bridgehead atoms. The van der Waals surface area contributed by atoms with Crippen LogP contribution in [0.1, 0.15) is 16.7 Å². The van der Waals surface area contributed by atoms with Gasteiger partial charge in [-0.15, -0.1) is 0 Å². The van der Waals surface area contributed by atoms with Crippen molar-refractivity contribution in [3.63, 3.8) is 0 Å². The first kappa shape index (κ1) is 15.5. The minimum Gasteiger partial charge on any atom is -0.496 e. The molecule has 1 N–H and O–H groups in total. The molecule has 0 heterocycles. The molecular formula is C18H24N2O. The lowest BCUT2D eigenvalue weighted by Gasteiger charge is -2.19. The Hall–Kier alpha value is -1.84. The van der Waals surface area contributed by atoms with Gasteiger partial charge in [-0.25, -0.2) is 0 Å². The second-order valence-corrected chi connectivity index (χ2v) is 5.33. The van der Waals surface area contributed by atoms with Gasteiger partial charge in [-0.1, -0.05) is 36.4 Å². The van der Waals surface area contributed by atoms with E-state index in [2.05, 4.69) is 59.7 Å². The van der Waals surface area contributed by atoms with Gasteiger partial charge in [0.1, 0.15) is 5.75 Å². The Morgan fingerprint density at radius 2 is 1.76 bits per heavy atom. The summed E-state index contributed by atoms with van der Waals surface area (Å²) >= 11 is 0. The van der Waals surface area contributed by atoms with Crippen LogP contribution in [0.15, 0.2) is 48.5 Å². The normalized spacial score (nSPS) is 10.9. The van der Waals surface area contributed by atoms with Crippen LogP contribution in [-0.2, 0) is 19.6 Å². The largest absolute Gasteiger partial charge is 0.496 e.